The van der Waals surface area contributed by atoms with Gasteiger partial charge in [-0.15, -0.1) is 0 Å². The molecular formula is C33H35ClN4O3. The van der Waals surface area contributed by atoms with Crippen molar-refractivity contribution >= 4 is 40.7 Å². The minimum absolute atomic E-state index is 0.0562. The van der Waals surface area contributed by atoms with Crippen LogP contribution in [-0.2, 0) is 11.2 Å². The Kier molecular flexibility index (Phi) is 9.84. The van der Waals surface area contributed by atoms with Gasteiger partial charge in [-0.25, -0.2) is 9.97 Å². The third kappa shape index (κ3) is 7.16. The molecule has 0 saturated carbocycles. The quantitative estimate of drug-likeness (QED) is 0.153. The Morgan fingerprint density at radius 3 is 2.61 bits per heavy atom. The number of unbranched alkanes of at least 4 members (excludes halogenated alkanes) is 1. The van der Waals surface area contributed by atoms with Crippen LogP contribution in [0.5, 0.6) is 0 Å². The monoisotopic (exact) mass is 570 g/mol. The molecule has 41 heavy (non-hydrogen) atoms. The van der Waals surface area contributed by atoms with Crippen LogP contribution in [0.2, 0.25) is 5.02 Å². The lowest BCUT2D eigenvalue weighted by Crippen LogP contribution is -2.33. The Labute approximate surface area is 246 Å². The number of nitrogens with zero attached hydrogens (tertiary/aromatic N) is 4. The van der Waals surface area contributed by atoms with Crippen LogP contribution in [-0.4, -0.2) is 58.2 Å². The second-order valence-electron chi connectivity index (χ2n) is 10.3. The van der Waals surface area contributed by atoms with E-state index in [4.69, 9.17) is 26.7 Å². The molecular weight excluding hydrogens is 536 g/mol. The van der Waals surface area contributed by atoms with Crippen LogP contribution in [0.25, 0.3) is 22.3 Å². The first kappa shape index (κ1) is 29.9. The fraction of sp³-hybridized carbons (Fsp3) is 0.303. The summed E-state index contributed by atoms with van der Waals surface area (Å²) in [5.41, 5.74) is 5.08. The smallest absolute Gasteiger partial charge is 0.303 e. The third-order valence-corrected chi connectivity index (χ3v) is 7.75. The molecule has 1 atom stereocenters. The average Bonchev–Trinajstić information content (AvgIpc) is 3.40. The first-order valence-corrected chi connectivity index (χ1v) is 14.1. The first-order valence-electron chi connectivity index (χ1n) is 13.7. The number of aryl methyl sites for hydroxylation is 1. The highest BCUT2D eigenvalue weighted by atomic mass is 35.5. The number of halogens is 1. The zero-order valence-corrected chi connectivity index (χ0v) is 24.3. The summed E-state index contributed by atoms with van der Waals surface area (Å²) in [6.45, 7) is 6.96. The summed E-state index contributed by atoms with van der Waals surface area (Å²) in [6, 6.07) is 12.9. The molecule has 0 spiro atoms. The molecule has 1 aliphatic rings. The van der Waals surface area contributed by atoms with E-state index in [1.165, 1.54) is 0 Å². The number of carbonyl (C=O) groups excluding carboxylic acids is 1. The lowest BCUT2D eigenvalue weighted by atomic mass is 9.81. The molecule has 1 aliphatic heterocycles. The maximum Gasteiger partial charge on any atom is 0.303 e. The number of rotatable bonds is 11. The van der Waals surface area contributed by atoms with Crippen LogP contribution in [0.15, 0.2) is 83.9 Å². The minimum Gasteiger partial charge on any atom is -0.481 e. The molecule has 8 heteroatoms. The number of hydrogen-bond donors (Lipinski definition) is 1. The van der Waals surface area contributed by atoms with E-state index in [0.717, 1.165) is 28.9 Å². The topological polar surface area (TPSA) is 95.8 Å². The van der Waals surface area contributed by atoms with Gasteiger partial charge in [-0.05, 0) is 62.9 Å². The van der Waals surface area contributed by atoms with E-state index in [2.05, 4.69) is 24.6 Å². The molecule has 212 valence electrons. The lowest BCUT2D eigenvalue weighted by Gasteiger charge is -2.26. The highest BCUT2D eigenvalue weighted by molar-refractivity contribution is 6.30. The maximum atomic E-state index is 13.7. The Balaban J connectivity index is 1.64. The number of amides is 1. The molecule has 1 unspecified atom stereocenters. The van der Waals surface area contributed by atoms with Gasteiger partial charge in [-0.1, -0.05) is 60.2 Å². The molecule has 3 aromatic rings. The molecule has 0 radical (unpaired) electrons. The summed E-state index contributed by atoms with van der Waals surface area (Å²) in [5, 5.41) is 9.66. The van der Waals surface area contributed by atoms with Gasteiger partial charge in [0.2, 0.25) is 0 Å². The number of hydrogen-bond acceptors (Lipinski definition) is 5. The van der Waals surface area contributed by atoms with Gasteiger partial charge >= 0.3 is 5.97 Å². The van der Waals surface area contributed by atoms with Gasteiger partial charge in [0.1, 0.15) is 0 Å². The van der Waals surface area contributed by atoms with Crippen LogP contribution in [0.4, 0.5) is 0 Å². The molecule has 1 saturated heterocycles. The number of carboxylic acids is 1. The van der Waals surface area contributed by atoms with Crippen LogP contribution in [0.3, 0.4) is 0 Å². The SMILES string of the molecule is C=C/C=C\C=C(/C)C1(/C=N/C)CCN(C(=O)c2ccc3nc(-c4ccc(Cl)cc4)c(CCCCC(=O)O)nc3c2)C1. The van der Waals surface area contributed by atoms with Gasteiger partial charge in [-0.2, -0.15) is 0 Å². The Morgan fingerprint density at radius 2 is 1.90 bits per heavy atom. The van der Waals surface area contributed by atoms with E-state index in [-0.39, 0.29) is 17.7 Å². The zero-order chi connectivity index (χ0) is 29.4. The fourth-order valence-electron chi connectivity index (χ4n) is 5.22. The maximum absolute atomic E-state index is 13.7. The molecule has 1 N–H and O–H groups in total. The molecule has 1 amide bonds. The van der Waals surface area contributed by atoms with Crippen molar-refractivity contribution < 1.29 is 14.7 Å². The van der Waals surface area contributed by atoms with E-state index in [1.807, 2.05) is 53.6 Å². The van der Waals surface area contributed by atoms with Gasteiger partial charge in [0.05, 0.1) is 22.4 Å². The summed E-state index contributed by atoms with van der Waals surface area (Å²) < 4.78 is 0. The number of allylic oxidation sites excluding steroid dienone is 4. The molecule has 4 rings (SSSR count). The van der Waals surface area contributed by atoms with Crippen LogP contribution in [0, 0.1) is 5.41 Å². The van der Waals surface area contributed by atoms with Crippen molar-refractivity contribution in [1.29, 1.82) is 0 Å². The van der Waals surface area contributed by atoms with E-state index in [9.17, 15) is 9.59 Å². The largest absolute Gasteiger partial charge is 0.481 e. The van der Waals surface area contributed by atoms with E-state index in [0.29, 0.717) is 54.0 Å². The molecule has 7 nitrogen and oxygen atoms in total. The number of benzene rings is 2. The van der Waals surface area contributed by atoms with Gasteiger partial charge in [0, 0.05) is 54.3 Å². The summed E-state index contributed by atoms with van der Waals surface area (Å²) >= 11 is 6.10. The van der Waals surface area contributed by atoms with Crippen molar-refractivity contribution in [3.05, 3.63) is 95.2 Å². The zero-order valence-electron chi connectivity index (χ0n) is 23.5. The lowest BCUT2D eigenvalue weighted by molar-refractivity contribution is -0.137. The molecule has 0 bridgehead atoms. The molecule has 2 aromatic carbocycles. The number of carbonyl (C=O) groups is 2. The van der Waals surface area contributed by atoms with Crippen LogP contribution >= 0.6 is 11.6 Å². The third-order valence-electron chi connectivity index (χ3n) is 7.50. The van der Waals surface area contributed by atoms with Crippen molar-refractivity contribution in [3.8, 4) is 11.3 Å². The van der Waals surface area contributed by atoms with Crippen molar-refractivity contribution in [2.24, 2.45) is 10.4 Å². The Morgan fingerprint density at radius 1 is 1.12 bits per heavy atom. The summed E-state index contributed by atoms with van der Waals surface area (Å²) in [4.78, 5) is 40.7. The van der Waals surface area contributed by atoms with Gasteiger partial charge in [0.15, 0.2) is 0 Å². The Hall–Kier alpha value is -4.10. The van der Waals surface area contributed by atoms with Crippen molar-refractivity contribution in [2.75, 3.05) is 20.1 Å². The molecule has 0 aliphatic carbocycles. The van der Waals surface area contributed by atoms with Gasteiger partial charge in [0.25, 0.3) is 5.91 Å². The molecule has 1 fully saturated rings. The normalized spacial score (nSPS) is 17.6. The number of fused-ring (bicyclic) bond motifs is 1. The van der Waals surface area contributed by atoms with E-state index >= 15 is 0 Å². The standard InChI is InChI=1S/C33H35ClN4O3/c1-4-5-6-9-23(2)33(21-35-3)18-19-38(22-33)32(41)25-14-17-27-29(20-25)36-28(10-7-8-11-30(39)40)31(37-27)24-12-15-26(34)16-13-24/h4-6,9,12-17,20-21H,1,7-8,10-11,18-19,22H2,2-3H3,(H,39,40)/b6-5-,23-9+,35-21+. The average molecular weight is 571 g/mol. The van der Waals surface area contributed by atoms with E-state index in [1.54, 1.807) is 25.3 Å². The number of aliphatic carboxylic acids is 1. The number of likely N-dealkylation sites (tertiary alicyclic amines) is 1. The van der Waals surface area contributed by atoms with Crippen LogP contribution < -0.4 is 0 Å². The summed E-state index contributed by atoms with van der Waals surface area (Å²) in [7, 11) is 1.76. The number of aliphatic imine (C=N–C) groups is 1. The van der Waals surface area contributed by atoms with Crippen LogP contribution in [0.1, 0.15) is 48.7 Å². The van der Waals surface area contributed by atoms with Gasteiger partial charge in [-0.3, -0.25) is 14.6 Å². The van der Waals surface area contributed by atoms with Gasteiger partial charge < -0.3 is 10.0 Å². The second-order valence-corrected chi connectivity index (χ2v) is 10.8. The predicted molar refractivity (Wildman–Crippen MR) is 166 cm³/mol. The second kappa shape index (κ2) is 13.5. The molecule has 2 heterocycles. The van der Waals surface area contributed by atoms with Crippen molar-refractivity contribution in [3.63, 3.8) is 0 Å². The Bertz CT molecular complexity index is 1530. The highest BCUT2D eigenvalue weighted by Crippen LogP contribution is 2.37. The van der Waals surface area contributed by atoms with E-state index < -0.39 is 5.97 Å². The fourth-order valence-corrected chi connectivity index (χ4v) is 5.34. The molecule has 1 aromatic heterocycles. The summed E-state index contributed by atoms with van der Waals surface area (Å²) in [6.07, 6.45) is 12.3. The number of aromatic nitrogens is 2. The highest BCUT2D eigenvalue weighted by Gasteiger charge is 2.40. The predicted octanol–water partition coefficient (Wildman–Crippen LogP) is 6.97. The number of carboxylic acid groups (broad SMARTS) is 1. The van der Waals surface area contributed by atoms with Crippen molar-refractivity contribution in [1.82, 2.24) is 14.9 Å². The summed E-state index contributed by atoms with van der Waals surface area (Å²) in [5.74, 6) is -0.870. The first-order chi connectivity index (χ1) is 19.8. The van der Waals surface area contributed by atoms with Crippen molar-refractivity contribution in [2.45, 2.75) is 39.0 Å². The minimum atomic E-state index is -0.814.